The van der Waals surface area contributed by atoms with Gasteiger partial charge in [-0.3, -0.25) is 9.69 Å². The number of fused-ring (bicyclic) bond motifs is 1. The molecule has 0 radical (unpaired) electrons. The van der Waals surface area contributed by atoms with Crippen molar-refractivity contribution in [2.75, 3.05) is 16.1 Å². The average molecular weight is 483 g/mol. The Bertz CT molecular complexity index is 1190. The van der Waals surface area contributed by atoms with Crippen LogP contribution >= 0.6 is 23.2 Å². The number of benzodiazepines with no additional fused rings is 1. The maximum absolute atomic E-state index is 13.5. The van der Waals surface area contributed by atoms with Crippen molar-refractivity contribution >= 4 is 52.2 Å². The molecule has 3 aromatic rings. The van der Waals surface area contributed by atoms with Gasteiger partial charge in [-0.15, -0.1) is 11.6 Å². The fourth-order valence-electron chi connectivity index (χ4n) is 3.51. The number of nitrogens with one attached hydrogen (secondary N) is 2. The molecule has 3 amide bonds. The first-order valence-electron chi connectivity index (χ1n) is 10.1. The summed E-state index contributed by atoms with van der Waals surface area (Å²) in [5, 5.41) is 16.4. The van der Waals surface area contributed by atoms with E-state index in [1.54, 1.807) is 42.5 Å². The number of benzene rings is 3. The van der Waals surface area contributed by atoms with Crippen molar-refractivity contribution in [3.8, 4) is 0 Å². The molecular formula is C24H20Cl2N4O3. The molecule has 0 aliphatic carbocycles. The van der Waals surface area contributed by atoms with Crippen molar-refractivity contribution in [3.05, 3.63) is 95.0 Å². The van der Waals surface area contributed by atoms with Gasteiger partial charge in [-0.05, 0) is 30.3 Å². The van der Waals surface area contributed by atoms with Crippen LogP contribution in [-0.2, 0) is 4.79 Å². The lowest BCUT2D eigenvalue weighted by Crippen LogP contribution is -2.52. The van der Waals surface area contributed by atoms with Gasteiger partial charge in [-0.2, -0.15) is 0 Å². The third kappa shape index (κ3) is 5.01. The molecule has 0 saturated carbocycles. The number of carbonyl (C=O) groups excluding carboxylic acids is 2. The third-order valence-electron chi connectivity index (χ3n) is 5.00. The number of hydrogen-bond acceptors (Lipinski definition) is 4. The van der Waals surface area contributed by atoms with Crippen molar-refractivity contribution in [1.82, 2.24) is 5.32 Å². The predicted octanol–water partition coefficient (Wildman–Crippen LogP) is 4.23. The van der Waals surface area contributed by atoms with Crippen molar-refractivity contribution in [1.29, 1.82) is 0 Å². The highest BCUT2D eigenvalue weighted by Gasteiger charge is 2.36. The summed E-state index contributed by atoms with van der Waals surface area (Å²) in [6.45, 7) is 0. The first-order chi connectivity index (χ1) is 16.0. The first-order valence-corrected chi connectivity index (χ1v) is 11.0. The van der Waals surface area contributed by atoms with Gasteiger partial charge < -0.3 is 15.7 Å². The molecule has 4 rings (SSSR count). The zero-order valence-corrected chi connectivity index (χ0v) is 18.8. The lowest BCUT2D eigenvalue weighted by molar-refractivity contribution is -0.121. The summed E-state index contributed by atoms with van der Waals surface area (Å²) in [7, 11) is 0. The highest BCUT2D eigenvalue weighted by Crippen LogP contribution is 2.29. The summed E-state index contributed by atoms with van der Waals surface area (Å²) in [6, 6.07) is 22.3. The molecule has 0 fully saturated rings. The summed E-state index contributed by atoms with van der Waals surface area (Å²) < 4.78 is 0. The minimum absolute atomic E-state index is 0.218. The van der Waals surface area contributed by atoms with Crippen LogP contribution in [0.15, 0.2) is 83.9 Å². The van der Waals surface area contributed by atoms with Gasteiger partial charge in [-0.25, -0.2) is 9.79 Å². The van der Waals surface area contributed by atoms with E-state index in [2.05, 4.69) is 15.6 Å². The molecule has 0 bridgehead atoms. The molecule has 0 saturated heterocycles. The van der Waals surface area contributed by atoms with Crippen LogP contribution in [0.2, 0.25) is 5.02 Å². The number of aliphatic imine (C=N–C) groups is 1. The van der Waals surface area contributed by atoms with E-state index in [1.165, 1.54) is 0 Å². The Morgan fingerprint density at radius 2 is 1.70 bits per heavy atom. The first kappa shape index (κ1) is 22.8. The minimum atomic E-state index is -1.31. The Morgan fingerprint density at radius 1 is 1.03 bits per heavy atom. The number of halogens is 2. The maximum atomic E-state index is 13.5. The molecule has 9 heteroatoms. The van der Waals surface area contributed by atoms with E-state index >= 15 is 0 Å². The molecule has 2 atom stereocenters. The van der Waals surface area contributed by atoms with Crippen LogP contribution < -0.4 is 15.5 Å². The fourth-order valence-corrected chi connectivity index (χ4v) is 3.77. The maximum Gasteiger partial charge on any atom is 0.321 e. The number of alkyl halides is 1. The molecule has 0 spiro atoms. The Hall–Kier alpha value is -3.39. The molecule has 7 nitrogen and oxygen atoms in total. The normalized spacial score (nSPS) is 16.3. The summed E-state index contributed by atoms with van der Waals surface area (Å²) in [5.41, 5.74) is 2.82. The van der Waals surface area contributed by atoms with Gasteiger partial charge in [0.2, 0.25) is 6.17 Å². The molecule has 0 aromatic heterocycles. The van der Waals surface area contributed by atoms with Gasteiger partial charge in [0.25, 0.3) is 5.91 Å². The Balaban J connectivity index is 1.74. The van der Waals surface area contributed by atoms with E-state index in [9.17, 15) is 14.7 Å². The van der Waals surface area contributed by atoms with E-state index in [0.29, 0.717) is 27.7 Å². The highest BCUT2D eigenvalue weighted by molar-refractivity contribution is 6.30. The summed E-state index contributed by atoms with van der Waals surface area (Å²) in [4.78, 5) is 31.9. The van der Waals surface area contributed by atoms with Gasteiger partial charge in [0.05, 0.1) is 17.3 Å². The van der Waals surface area contributed by atoms with Gasteiger partial charge >= 0.3 is 6.03 Å². The van der Waals surface area contributed by atoms with E-state index in [1.807, 2.05) is 36.4 Å². The van der Waals surface area contributed by atoms with Crippen LogP contribution in [0.1, 0.15) is 11.1 Å². The SMILES string of the molecule is O=C(Nc1ccc(Cl)cc1)NC1N=C(c2ccccc2)c2ccccc2N([C@@H](O)CCl)C1=O. The Morgan fingerprint density at radius 3 is 2.39 bits per heavy atom. The zero-order chi connectivity index (χ0) is 23.4. The molecule has 1 unspecified atom stereocenters. The number of nitrogens with zero attached hydrogens (tertiary/aromatic N) is 2. The van der Waals surface area contributed by atoms with E-state index in [0.717, 1.165) is 10.5 Å². The number of carbonyl (C=O) groups is 2. The van der Waals surface area contributed by atoms with Crippen LogP contribution in [0.3, 0.4) is 0 Å². The number of urea groups is 1. The fraction of sp³-hybridized carbons (Fsp3) is 0.125. The van der Waals surface area contributed by atoms with E-state index in [-0.39, 0.29) is 5.88 Å². The molecule has 3 aromatic carbocycles. The molecule has 33 heavy (non-hydrogen) atoms. The quantitative estimate of drug-likeness (QED) is 0.475. The van der Waals surface area contributed by atoms with E-state index < -0.39 is 24.3 Å². The second kappa shape index (κ2) is 10.0. The number of aliphatic hydroxyl groups excluding tert-OH is 1. The molecular weight excluding hydrogens is 463 g/mol. The van der Waals surface area contributed by atoms with Crippen LogP contribution in [0.5, 0.6) is 0 Å². The predicted molar refractivity (Wildman–Crippen MR) is 130 cm³/mol. The zero-order valence-electron chi connectivity index (χ0n) is 17.3. The number of hydrogen-bond donors (Lipinski definition) is 3. The van der Waals surface area contributed by atoms with Crippen molar-refractivity contribution in [2.45, 2.75) is 12.4 Å². The minimum Gasteiger partial charge on any atom is -0.372 e. The lowest BCUT2D eigenvalue weighted by Gasteiger charge is -2.28. The molecule has 3 N–H and O–H groups in total. The summed E-state index contributed by atoms with van der Waals surface area (Å²) >= 11 is 11.8. The number of aliphatic hydroxyl groups is 1. The van der Waals surface area contributed by atoms with Crippen LogP contribution in [0.4, 0.5) is 16.2 Å². The number of amides is 3. The monoisotopic (exact) mass is 482 g/mol. The second-order valence-corrected chi connectivity index (χ2v) is 7.96. The molecule has 1 aliphatic rings. The summed E-state index contributed by atoms with van der Waals surface area (Å²) in [5.74, 6) is -0.836. The average Bonchev–Trinajstić information content (AvgIpc) is 2.95. The number of rotatable bonds is 5. The smallest absolute Gasteiger partial charge is 0.321 e. The lowest BCUT2D eigenvalue weighted by atomic mass is 10.0. The third-order valence-corrected chi connectivity index (χ3v) is 5.53. The van der Waals surface area contributed by atoms with Crippen LogP contribution in [0.25, 0.3) is 0 Å². The standard InChI is InChI=1S/C24H20Cl2N4O3/c25-14-20(31)30-19-9-5-4-8-18(19)21(15-6-2-1-3-7-15)28-22(23(30)32)29-24(33)27-17-12-10-16(26)11-13-17/h1-13,20,22,31H,14H2,(H2,27,29,33)/t20-,22?/m0/s1. The highest BCUT2D eigenvalue weighted by atomic mass is 35.5. The largest absolute Gasteiger partial charge is 0.372 e. The van der Waals surface area contributed by atoms with Crippen molar-refractivity contribution < 1.29 is 14.7 Å². The summed E-state index contributed by atoms with van der Waals surface area (Å²) in [6.07, 6.45) is -2.62. The van der Waals surface area contributed by atoms with Crippen molar-refractivity contribution in [2.24, 2.45) is 4.99 Å². The topological polar surface area (TPSA) is 94.0 Å². The van der Waals surface area contributed by atoms with Crippen LogP contribution in [0, 0.1) is 0 Å². The van der Waals surface area contributed by atoms with Gasteiger partial charge in [0.15, 0.2) is 0 Å². The van der Waals surface area contributed by atoms with Gasteiger partial charge in [0, 0.05) is 21.8 Å². The van der Waals surface area contributed by atoms with Gasteiger partial charge in [-0.1, -0.05) is 60.1 Å². The Kier molecular flexibility index (Phi) is 6.93. The second-order valence-electron chi connectivity index (χ2n) is 7.21. The number of anilines is 2. The molecule has 168 valence electrons. The number of para-hydroxylation sites is 1. The van der Waals surface area contributed by atoms with Crippen LogP contribution in [-0.4, -0.2) is 41.0 Å². The molecule has 1 aliphatic heterocycles. The molecule has 1 heterocycles. The Labute approximate surface area is 200 Å². The van der Waals surface area contributed by atoms with Gasteiger partial charge in [0.1, 0.15) is 6.23 Å². The van der Waals surface area contributed by atoms with Crippen molar-refractivity contribution in [3.63, 3.8) is 0 Å². The van der Waals surface area contributed by atoms with E-state index in [4.69, 9.17) is 23.2 Å².